The SMILES string of the molecule is Cc1ccsc1C(NN)c1cccc(F)c1F. The van der Waals surface area contributed by atoms with Crippen molar-refractivity contribution in [1.29, 1.82) is 0 Å². The Kier molecular flexibility index (Phi) is 3.51. The van der Waals surface area contributed by atoms with Gasteiger partial charge in [-0.25, -0.2) is 14.2 Å². The lowest BCUT2D eigenvalue weighted by Gasteiger charge is -2.17. The Labute approximate surface area is 102 Å². The second kappa shape index (κ2) is 4.91. The summed E-state index contributed by atoms with van der Waals surface area (Å²) >= 11 is 1.46. The summed E-state index contributed by atoms with van der Waals surface area (Å²) < 4.78 is 26.9. The van der Waals surface area contributed by atoms with Gasteiger partial charge in [0, 0.05) is 10.4 Å². The molecule has 2 rings (SSSR count). The van der Waals surface area contributed by atoms with Gasteiger partial charge in [-0.2, -0.15) is 0 Å². The van der Waals surface area contributed by atoms with E-state index in [0.717, 1.165) is 16.5 Å². The number of nitrogens with two attached hydrogens (primary N) is 1. The Morgan fingerprint density at radius 2 is 2.06 bits per heavy atom. The quantitative estimate of drug-likeness (QED) is 0.653. The second-order valence-electron chi connectivity index (χ2n) is 3.71. The minimum absolute atomic E-state index is 0.220. The van der Waals surface area contributed by atoms with Crippen molar-refractivity contribution in [2.75, 3.05) is 0 Å². The minimum atomic E-state index is -0.864. The fourth-order valence-corrected chi connectivity index (χ4v) is 2.73. The molecule has 3 N–H and O–H groups in total. The van der Waals surface area contributed by atoms with Crippen LogP contribution in [0.3, 0.4) is 0 Å². The lowest BCUT2D eigenvalue weighted by Crippen LogP contribution is -2.29. The first kappa shape index (κ1) is 12.2. The molecule has 1 aromatic carbocycles. The van der Waals surface area contributed by atoms with E-state index in [4.69, 9.17) is 5.84 Å². The highest BCUT2D eigenvalue weighted by molar-refractivity contribution is 7.10. The number of nitrogens with one attached hydrogen (secondary N) is 1. The van der Waals surface area contributed by atoms with E-state index in [9.17, 15) is 8.78 Å². The Morgan fingerprint density at radius 3 is 2.65 bits per heavy atom. The predicted octanol–water partition coefficient (Wildman–Crippen LogP) is 2.89. The van der Waals surface area contributed by atoms with Gasteiger partial charge in [-0.15, -0.1) is 11.3 Å². The van der Waals surface area contributed by atoms with Gasteiger partial charge in [0.25, 0.3) is 0 Å². The maximum atomic E-state index is 13.7. The third-order valence-electron chi connectivity index (χ3n) is 2.62. The highest BCUT2D eigenvalue weighted by Gasteiger charge is 2.21. The Morgan fingerprint density at radius 1 is 1.29 bits per heavy atom. The smallest absolute Gasteiger partial charge is 0.164 e. The Balaban J connectivity index is 2.50. The number of rotatable bonds is 3. The number of thiophene rings is 1. The van der Waals surface area contributed by atoms with Crippen molar-refractivity contribution in [2.45, 2.75) is 13.0 Å². The van der Waals surface area contributed by atoms with E-state index in [1.54, 1.807) is 0 Å². The van der Waals surface area contributed by atoms with Gasteiger partial charge >= 0.3 is 0 Å². The molecule has 17 heavy (non-hydrogen) atoms. The van der Waals surface area contributed by atoms with Crippen molar-refractivity contribution >= 4 is 11.3 Å². The Bertz CT molecular complexity index is 525. The van der Waals surface area contributed by atoms with Gasteiger partial charge in [-0.1, -0.05) is 12.1 Å². The number of benzene rings is 1. The molecule has 0 spiro atoms. The molecular weight excluding hydrogens is 242 g/mol. The number of halogens is 2. The molecule has 0 saturated carbocycles. The van der Waals surface area contributed by atoms with Gasteiger partial charge in [0.2, 0.25) is 0 Å². The van der Waals surface area contributed by atoms with Crippen LogP contribution in [0, 0.1) is 18.6 Å². The van der Waals surface area contributed by atoms with Crippen molar-refractivity contribution < 1.29 is 8.78 Å². The first-order chi connectivity index (χ1) is 8.15. The molecule has 1 unspecified atom stereocenters. The number of hydrazine groups is 1. The summed E-state index contributed by atoms with van der Waals surface area (Å²) in [6.07, 6.45) is 0. The number of aryl methyl sites for hydroxylation is 1. The van der Waals surface area contributed by atoms with E-state index >= 15 is 0 Å². The van der Waals surface area contributed by atoms with Crippen molar-refractivity contribution in [2.24, 2.45) is 5.84 Å². The molecule has 2 nitrogen and oxygen atoms in total. The predicted molar refractivity (Wildman–Crippen MR) is 64.6 cm³/mol. The zero-order valence-electron chi connectivity index (χ0n) is 9.21. The van der Waals surface area contributed by atoms with Gasteiger partial charge in [0.05, 0.1) is 6.04 Å². The molecule has 1 atom stereocenters. The van der Waals surface area contributed by atoms with Crippen LogP contribution in [-0.2, 0) is 0 Å². The van der Waals surface area contributed by atoms with Crippen LogP contribution in [-0.4, -0.2) is 0 Å². The van der Waals surface area contributed by atoms with E-state index < -0.39 is 17.7 Å². The van der Waals surface area contributed by atoms with Crippen LogP contribution in [0.4, 0.5) is 8.78 Å². The number of hydrogen-bond donors (Lipinski definition) is 2. The molecule has 0 radical (unpaired) electrons. The molecule has 0 aliphatic rings. The van der Waals surface area contributed by atoms with Crippen molar-refractivity contribution in [3.8, 4) is 0 Å². The molecular formula is C12H12F2N2S. The second-order valence-corrected chi connectivity index (χ2v) is 4.66. The fourth-order valence-electron chi connectivity index (χ4n) is 1.73. The highest BCUT2D eigenvalue weighted by Crippen LogP contribution is 2.30. The van der Waals surface area contributed by atoms with Crippen LogP contribution in [0.2, 0.25) is 0 Å². The van der Waals surface area contributed by atoms with E-state index in [1.807, 2.05) is 18.4 Å². The van der Waals surface area contributed by atoms with E-state index in [1.165, 1.54) is 23.5 Å². The summed E-state index contributed by atoms with van der Waals surface area (Å²) in [5.41, 5.74) is 3.76. The van der Waals surface area contributed by atoms with E-state index in [0.29, 0.717) is 0 Å². The van der Waals surface area contributed by atoms with Gasteiger partial charge in [0.15, 0.2) is 11.6 Å². The molecule has 1 heterocycles. The third kappa shape index (κ3) is 2.22. The lowest BCUT2D eigenvalue weighted by atomic mass is 10.0. The lowest BCUT2D eigenvalue weighted by molar-refractivity contribution is 0.484. The summed E-state index contributed by atoms with van der Waals surface area (Å²) in [5.74, 6) is 3.73. The van der Waals surface area contributed by atoms with E-state index in [-0.39, 0.29) is 5.56 Å². The maximum absolute atomic E-state index is 13.7. The molecule has 0 amide bonds. The molecule has 5 heteroatoms. The summed E-state index contributed by atoms with van der Waals surface area (Å²) in [5, 5.41) is 1.90. The first-order valence-electron chi connectivity index (χ1n) is 5.09. The molecule has 0 aliphatic heterocycles. The van der Waals surface area contributed by atoms with E-state index in [2.05, 4.69) is 5.43 Å². The standard InChI is InChI=1S/C12H12F2N2S/c1-7-5-6-17-12(7)11(16-15)8-3-2-4-9(13)10(8)14/h2-6,11,16H,15H2,1H3. The molecule has 0 fully saturated rings. The molecule has 0 aliphatic carbocycles. The molecule has 1 aromatic heterocycles. The molecule has 2 aromatic rings. The van der Waals surface area contributed by atoms with Crippen LogP contribution >= 0.6 is 11.3 Å². The highest BCUT2D eigenvalue weighted by atomic mass is 32.1. The van der Waals surface area contributed by atoms with Crippen LogP contribution in [0.25, 0.3) is 0 Å². The van der Waals surface area contributed by atoms with Crippen molar-refractivity contribution in [3.63, 3.8) is 0 Å². The molecule has 0 saturated heterocycles. The summed E-state index contributed by atoms with van der Waals surface area (Å²) in [7, 11) is 0. The van der Waals surface area contributed by atoms with Crippen LogP contribution in [0.15, 0.2) is 29.6 Å². The zero-order chi connectivity index (χ0) is 12.4. The van der Waals surface area contributed by atoms with Crippen molar-refractivity contribution in [1.82, 2.24) is 5.43 Å². The first-order valence-corrected chi connectivity index (χ1v) is 5.97. The van der Waals surface area contributed by atoms with Crippen LogP contribution in [0.5, 0.6) is 0 Å². The average Bonchev–Trinajstić information content (AvgIpc) is 2.72. The summed E-state index contributed by atoms with van der Waals surface area (Å²) in [6.45, 7) is 1.91. The van der Waals surface area contributed by atoms with Crippen molar-refractivity contribution in [3.05, 3.63) is 57.3 Å². The molecule has 90 valence electrons. The summed E-state index contributed by atoms with van der Waals surface area (Å²) in [4.78, 5) is 0.886. The topological polar surface area (TPSA) is 38.0 Å². The zero-order valence-corrected chi connectivity index (χ0v) is 10.0. The average molecular weight is 254 g/mol. The minimum Gasteiger partial charge on any atom is -0.271 e. The fraction of sp³-hybridized carbons (Fsp3) is 0.167. The van der Waals surface area contributed by atoms with Gasteiger partial charge in [-0.3, -0.25) is 5.84 Å². The van der Waals surface area contributed by atoms with Crippen LogP contribution < -0.4 is 11.3 Å². The normalized spacial score (nSPS) is 12.7. The largest absolute Gasteiger partial charge is 0.271 e. The maximum Gasteiger partial charge on any atom is 0.164 e. The van der Waals surface area contributed by atoms with Crippen LogP contribution in [0.1, 0.15) is 22.0 Å². The molecule has 0 bridgehead atoms. The van der Waals surface area contributed by atoms with Gasteiger partial charge < -0.3 is 0 Å². The third-order valence-corrected chi connectivity index (χ3v) is 3.71. The number of hydrogen-bond acceptors (Lipinski definition) is 3. The Hall–Kier alpha value is -1.30. The van der Waals surface area contributed by atoms with Gasteiger partial charge in [-0.05, 0) is 30.0 Å². The summed E-state index contributed by atoms with van der Waals surface area (Å²) in [6, 6.07) is 5.49. The monoisotopic (exact) mass is 254 g/mol. The van der Waals surface area contributed by atoms with Gasteiger partial charge in [0.1, 0.15) is 0 Å².